The minimum Gasteiger partial charge on any atom is -0.493 e. The number of fused-ring (bicyclic) bond motifs is 2. The predicted molar refractivity (Wildman–Crippen MR) is 188 cm³/mol. The first-order valence-corrected chi connectivity index (χ1v) is 19.4. The van der Waals surface area contributed by atoms with E-state index in [0.717, 1.165) is 36.8 Å². The summed E-state index contributed by atoms with van der Waals surface area (Å²) in [5.41, 5.74) is 8.42. The molecule has 3 aromatic rings. The highest BCUT2D eigenvalue weighted by Gasteiger charge is 2.49. The molecule has 0 spiro atoms. The highest BCUT2D eigenvalue weighted by atomic mass is 35.5. The van der Waals surface area contributed by atoms with Crippen molar-refractivity contribution in [3.05, 3.63) is 77.8 Å². The molecule has 8 nitrogen and oxygen atoms in total. The second-order valence-corrected chi connectivity index (χ2v) is 16.4. The lowest BCUT2D eigenvalue weighted by Gasteiger charge is -2.44. The molecule has 3 aromatic carbocycles. The summed E-state index contributed by atoms with van der Waals surface area (Å²) in [4.78, 5) is 16.5. The monoisotopic (exact) mass is 691 g/mol. The van der Waals surface area contributed by atoms with Crippen LogP contribution < -0.4 is 15.2 Å². The molecular formula is C38H46ClN3O5S. The van der Waals surface area contributed by atoms with E-state index >= 15 is 0 Å². The van der Waals surface area contributed by atoms with Gasteiger partial charge in [-0.2, -0.15) is 4.31 Å². The Morgan fingerprint density at radius 2 is 1.38 bits per heavy atom. The average molecular weight is 692 g/mol. The zero-order chi connectivity index (χ0) is 33.3. The number of ether oxygens (including phenoxy) is 2. The number of benzene rings is 3. The Morgan fingerprint density at radius 3 is 2.02 bits per heavy atom. The summed E-state index contributed by atoms with van der Waals surface area (Å²) in [6.45, 7) is 0.844. The number of hydrogen-bond donors (Lipinski definition) is 1. The SMILES string of the molecule is NC1CC2CCC(C1)N2C(=O)[C@@H]1C[C@@H](Oc2ccc(-c3ccc(Cl)cc3)cc2)CCN1S(=O)(=O)c1ccc(OCC2CCCCC2)cc1. The molecule has 2 bridgehead atoms. The van der Waals surface area contributed by atoms with Crippen molar-refractivity contribution in [1.29, 1.82) is 0 Å². The van der Waals surface area contributed by atoms with Crippen LogP contribution in [0, 0.1) is 5.92 Å². The molecule has 2 N–H and O–H groups in total. The van der Waals surface area contributed by atoms with Gasteiger partial charge in [-0.25, -0.2) is 8.42 Å². The van der Waals surface area contributed by atoms with Gasteiger partial charge >= 0.3 is 0 Å². The van der Waals surface area contributed by atoms with Gasteiger partial charge < -0.3 is 20.1 Å². The van der Waals surface area contributed by atoms with E-state index in [-0.39, 0.29) is 48.0 Å². The highest BCUT2D eigenvalue weighted by molar-refractivity contribution is 7.89. The summed E-state index contributed by atoms with van der Waals surface area (Å²) in [7, 11) is -3.97. The molecule has 3 aliphatic heterocycles. The first-order valence-electron chi connectivity index (χ1n) is 17.6. The molecule has 4 fully saturated rings. The summed E-state index contributed by atoms with van der Waals surface area (Å²) >= 11 is 6.06. The normalized spacial score (nSPS) is 26.7. The number of carbonyl (C=O) groups excluding carboxylic acids is 1. The van der Waals surface area contributed by atoms with Crippen LogP contribution in [-0.4, -0.2) is 67.0 Å². The van der Waals surface area contributed by atoms with Gasteiger partial charge in [0.05, 0.1) is 11.5 Å². The van der Waals surface area contributed by atoms with Crippen LogP contribution in [0.5, 0.6) is 11.5 Å². The number of carbonyl (C=O) groups is 1. The van der Waals surface area contributed by atoms with E-state index in [1.807, 2.05) is 53.4 Å². The summed E-state index contributed by atoms with van der Waals surface area (Å²) in [6, 6.07) is 21.5. The molecule has 4 aliphatic rings. The average Bonchev–Trinajstić information content (AvgIpc) is 3.38. The topological polar surface area (TPSA) is 102 Å². The summed E-state index contributed by atoms with van der Waals surface area (Å²) in [5.74, 6) is 1.78. The third-order valence-electron chi connectivity index (χ3n) is 10.8. The summed E-state index contributed by atoms with van der Waals surface area (Å²) < 4.78 is 42.4. The van der Waals surface area contributed by atoms with Crippen molar-refractivity contribution in [2.24, 2.45) is 11.7 Å². The van der Waals surface area contributed by atoms with Crippen LogP contribution in [0.3, 0.4) is 0 Å². The maximum absolute atomic E-state index is 14.4. The van der Waals surface area contributed by atoms with Gasteiger partial charge in [-0.05, 0) is 111 Å². The minimum atomic E-state index is -3.97. The van der Waals surface area contributed by atoms with Crippen molar-refractivity contribution in [3.63, 3.8) is 0 Å². The Bertz CT molecular complexity index is 1650. The van der Waals surface area contributed by atoms with Crippen LogP contribution in [-0.2, 0) is 14.8 Å². The maximum Gasteiger partial charge on any atom is 0.243 e. The summed E-state index contributed by atoms with van der Waals surface area (Å²) in [6.07, 6.45) is 9.91. The van der Waals surface area contributed by atoms with Gasteiger partial charge in [0, 0.05) is 36.1 Å². The van der Waals surface area contributed by atoms with Gasteiger partial charge in [0.1, 0.15) is 23.6 Å². The lowest BCUT2D eigenvalue weighted by atomic mass is 9.90. The van der Waals surface area contributed by atoms with E-state index in [1.165, 1.54) is 36.4 Å². The van der Waals surface area contributed by atoms with Crippen molar-refractivity contribution in [2.75, 3.05) is 13.2 Å². The maximum atomic E-state index is 14.4. The first kappa shape index (κ1) is 33.4. The Hall–Kier alpha value is -3.11. The zero-order valence-electron chi connectivity index (χ0n) is 27.4. The number of piperidine rings is 2. The van der Waals surface area contributed by atoms with E-state index in [9.17, 15) is 13.2 Å². The van der Waals surface area contributed by atoms with Gasteiger partial charge in [-0.3, -0.25) is 4.79 Å². The molecule has 256 valence electrons. The number of halogens is 1. The van der Waals surface area contributed by atoms with Crippen molar-refractivity contribution in [3.8, 4) is 22.6 Å². The van der Waals surface area contributed by atoms with Gasteiger partial charge in [0.2, 0.25) is 15.9 Å². The molecule has 4 atom stereocenters. The van der Waals surface area contributed by atoms with Crippen LogP contribution in [0.2, 0.25) is 5.02 Å². The van der Waals surface area contributed by atoms with Crippen molar-refractivity contribution < 1.29 is 22.7 Å². The van der Waals surface area contributed by atoms with Crippen molar-refractivity contribution >= 4 is 27.5 Å². The van der Waals surface area contributed by atoms with Gasteiger partial charge in [-0.15, -0.1) is 0 Å². The largest absolute Gasteiger partial charge is 0.493 e. The number of rotatable bonds is 9. The van der Waals surface area contributed by atoms with Gasteiger partial charge in [0.15, 0.2) is 0 Å². The van der Waals surface area contributed by atoms with Crippen molar-refractivity contribution in [2.45, 2.75) is 106 Å². The minimum absolute atomic E-state index is 0.0538. The van der Waals surface area contributed by atoms with Crippen LogP contribution >= 0.6 is 11.6 Å². The van der Waals surface area contributed by atoms with Crippen molar-refractivity contribution in [1.82, 2.24) is 9.21 Å². The predicted octanol–water partition coefficient (Wildman–Crippen LogP) is 7.05. The molecule has 3 saturated heterocycles. The Balaban J connectivity index is 1.08. The van der Waals surface area contributed by atoms with Crippen LogP contribution in [0.4, 0.5) is 0 Å². The van der Waals surface area contributed by atoms with E-state index in [4.69, 9.17) is 26.8 Å². The molecule has 1 aliphatic carbocycles. The second kappa shape index (κ2) is 14.4. The number of amides is 1. The zero-order valence-corrected chi connectivity index (χ0v) is 29.0. The molecule has 7 rings (SSSR count). The molecular weight excluding hydrogens is 646 g/mol. The number of nitrogens with two attached hydrogens (primary N) is 1. The van der Waals surface area contributed by atoms with E-state index in [1.54, 1.807) is 24.3 Å². The molecule has 0 radical (unpaired) electrons. The van der Waals surface area contributed by atoms with Crippen LogP contribution in [0.25, 0.3) is 11.1 Å². The Labute approximate surface area is 289 Å². The Morgan fingerprint density at radius 1 is 0.771 bits per heavy atom. The number of sulfonamides is 1. The quantitative estimate of drug-likeness (QED) is 0.258. The third kappa shape index (κ3) is 7.25. The molecule has 2 unspecified atom stereocenters. The summed E-state index contributed by atoms with van der Waals surface area (Å²) in [5, 5.41) is 0.687. The fourth-order valence-corrected chi connectivity index (χ4v) is 9.99. The second-order valence-electron chi connectivity index (χ2n) is 14.1. The number of hydrogen-bond acceptors (Lipinski definition) is 6. The van der Waals surface area contributed by atoms with E-state index in [0.29, 0.717) is 35.5 Å². The molecule has 10 heteroatoms. The standard InChI is InChI=1S/C38H46ClN3O5S/c39-29-10-6-27(7-11-29)28-8-14-34(15-9-28)47-35-20-21-41(37(24-35)38(43)42-31-12-13-32(42)23-30(40)22-31)48(44,45)36-18-16-33(17-19-36)46-25-26-4-2-1-3-5-26/h6-11,14-19,26,30-32,35,37H,1-5,12-13,20-25,40H2/t30?,31?,32?,35-,37-/m0/s1. The van der Waals surface area contributed by atoms with E-state index in [2.05, 4.69) is 0 Å². The van der Waals surface area contributed by atoms with E-state index < -0.39 is 16.1 Å². The molecule has 48 heavy (non-hydrogen) atoms. The van der Waals surface area contributed by atoms with Crippen LogP contribution in [0.1, 0.15) is 70.6 Å². The number of nitrogens with zero attached hydrogens (tertiary/aromatic N) is 2. The fraction of sp³-hybridized carbons (Fsp3) is 0.500. The lowest BCUT2D eigenvalue weighted by Crippen LogP contribution is -2.60. The smallest absolute Gasteiger partial charge is 0.243 e. The molecule has 1 amide bonds. The molecule has 0 aromatic heterocycles. The lowest BCUT2D eigenvalue weighted by molar-refractivity contribution is -0.142. The first-order chi connectivity index (χ1) is 23.2. The third-order valence-corrected chi connectivity index (χ3v) is 13.0. The van der Waals surface area contributed by atoms with Gasteiger partial charge in [-0.1, -0.05) is 55.1 Å². The van der Waals surface area contributed by atoms with Gasteiger partial charge in [0.25, 0.3) is 0 Å². The molecule has 1 saturated carbocycles. The molecule has 3 heterocycles. The fourth-order valence-electron chi connectivity index (χ4n) is 8.25. The highest BCUT2D eigenvalue weighted by Crippen LogP contribution is 2.38. The van der Waals surface area contributed by atoms with Crippen LogP contribution in [0.15, 0.2) is 77.7 Å². The Kier molecular flexibility index (Phi) is 10.0.